The van der Waals surface area contributed by atoms with Gasteiger partial charge in [-0.2, -0.15) is 11.8 Å². The second-order valence-corrected chi connectivity index (χ2v) is 5.37. The van der Waals surface area contributed by atoms with Crippen LogP contribution in [0.2, 0.25) is 0 Å². The van der Waals surface area contributed by atoms with Gasteiger partial charge in [0.25, 0.3) is 0 Å². The molecular formula is O6P2S2V2-6. The molecule has 74 valence electrons. The van der Waals surface area contributed by atoms with Crippen LogP contribution in [0.25, 0.3) is 0 Å². The van der Waals surface area contributed by atoms with Crippen LogP contribution >= 0.6 is 13.5 Å². The van der Waals surface area contributed by atoms with Crippen LogP contribution < -0.4 is 24.5 Å². The van der Waals surface area contributed by atoms with Gasteiger partial charge in [-0.25, -0.2) is 6.80 Å². The summed E-state index contributed by atoms with van der Waals surface area (Å²) in [6.45, 7) is -9.11. The monoisotopic (exact) mass is 324 g/mol. The van der Waals surface area contributed by atoms with E-state index < -0.39 is 13.5 Å². The zero-order valence-corrected chi connectivity index (χ0v) is 11.3. The van der Waals surface area contributed by atoms with E-state index in [0.29, 0.717) is 0 Å². The normalized spacial score (nSPS) is 9.83. The number of rotatable bonds is 0. The minimum absolute atomic E-state index is 0. The molecule has 0 atom stereocenters. The Hall–Kier alpha value is 2.20. The Morgan fingerprint density at radius 3 is 1.00 bits per heavy atom. The Labute approximate surface area is 103 Å². The fourth-order valence-corrected chi connectivity index (χ4v) is 0. The second-order valence-electron chi connectivity index (χ2n) is 0.894. The molecule has 0 aliphatic carbocycles. The van der Waals surface area contributed by atoms with E-state index in [1.807, 2.05) is 0 Å². The Morgan fingerprint density at radius 2 is 1.00 bits per heavy atom. The average molecular weight is 324 g/mol. The molecule has 0 aromatic heterocycles. The first-order valence-electron chi connectivity index (χ1n) is 1.46. The summed E-state index contributed by atoms with van der Waals surface area (Å²) in [7, 11) is 0. The summed E-state index contributed by atoms with van der Waals surface area (Å²) in [5.41, 5.74) is 0. The Kier molecular flexibility index (Phi) is 19.3. The first-order valence-corrected chi connectivity index (χ1v) is 6.57. The quantitative estimate of drug-likeness (QED) is 0.322. The van der Waals surface area contributed by atoms with Crippen molar-refractivity contribution in [1.29, 1.82) is 0 Å². The summed E-state index contributed by atoms with van der Waals surface area (Å²) in [5, 5.41) is 0. The van der Waals surface area contributed by atoms with Gasteiger partial charge in [0.2, 0.25) is 0 Å². The zero-order chi connectivity index (χ0) is 9.00. The molecule has 0 saturated heterocycles. The smallest absolute Gasteiger partial charge is 0 e. The molecule has 12 heteroatoms. The van der Waals surface area contributed by atoms with Gasteiger partial charge in [0.1, 0.15) is 0 Å². The van der Waals surface area contributed by atoms with Gasteiger partial charge in [-0.15, -0.1) is 0 Å². The molecule has 2 radical (unpaired) electrons. The number of hydrogen-bond acceptors (Lipinski definition) is 8. The molecule has 0 aliphatic heterocycles. The molecule has 0 aliphatic rings. The molecule has 0 fully saturated rings. The Morgan fingerprint density at radius 1 is 1.00 bits per heavy atom. The van der Waals surface area contributed by atoms with E-state index in [-0.39, 0.29) is 37.1 Å². The molecule has 0 aromatic rings. The third kappa shape index (κ3) is 316. The minimum Gasteiger partial charge on any atom is -0.844 e. The van der Waals surface area contributed by atoms with E-state index >= 15 is 0 Å². The van der Waals surface area contributed by atoms with Crippen molar-refractivity contribution < 1.29 is 66.1 Å². The van der Waals surface area contributed by atoms with Crippen LogP contribution in [0.15, 0.2) is 0 Å². The maximum Gasteiger partial charge on any atom is 0 e. The number of hydrogen-bond donors (Lipinski definition) is 0. The van der Waals surface area contributed by atoms with Crippen LogP contribution in [-0.2, 0) is 65.7 Å². The summed E-state index contributed by atoms with van der Waals surface area (Å²) in [4.78, 5) is 44.6. The molecule has 0 N–H and O–H groups in total. The predicted molar refractivity (Wildman–Crippen MR) is 29.3 cm³/mol. The minimum atomic E-state index is -4.56. The largest absolute Gasteiger partial charge is 0.844 e. The van der Waals surface area contributed by atoms with Crippen LogP contribution in [0.5, 0.6) is 0 Å². The molecule has 0 bridgehead atoms. The van der Waals surface area contributed by atoms with Gasteiger partial charge in [0.05, 0.1) is 0 Å². The molecule has 0 spiro atoms. The van der Waals surface area contributed by atoms with Crippen molar-refractivity contribution >= 4 is 37.6 Å². The first-order chi connectivity index (χ1) is 4.00. The molecule has 6 nitrogen and oxygen atoms in total. The van der Waals surface area contributed by atoms with Crippen molar-refractivity contribution in [1.82, 2.24) is 0 Å². The topological polar surface area (TPSA) is 132 Å². The Bertz CT molecular complexity index is 134. The van der Waals surface area contributed by atoms with Gasteiger partial charge in [-0.3, -0.25) is 0 Å². The summed E-state index contributed by atoms with van der Waals surface area (Å²) >= 11 is 6.54. The SMILES string of the molecule is O=P([O-])([O-])[S-].[O-]P([O-])([O-])=S.[V].[V]. The summed E-state index contributed by atoms with van der Waals surface area (Å²) in [6.07, 6.45) is 0. The first kappa shape index (κ1) is 23.8. The maximum absolute atomic E-state index is 8.92. The van der Waals surface area contributed by atoms with Gasteiger partial charge < -0.3 is 48.0 Å². The molecule has 12 heavy (non-hydrogen) atoms. The van der Waals surface area contributed by atoms with Crippen LogP contribution in [0.1, 0.15) is 0 Å². The van der Waals surface area contributed by atoms with Crippen molar-refractivity contribution in [2.24, 2.45) is 0 Å². The summed E-state index contributed by atoms with van der Waals surface area (Å²) in [5.74, 6) is 0. The maximum atomic E-state index is 8.92. The summed E-state index contributed by atoms with van der Waals surface area (Å²) < 4.78 is 8.92. The zero-order valence-electron chi connectivity index (χ0n) is 5.05. The van der Waals surface area contributed by atoms with E-state index in [4.69, 9.17) is 29.0 Å². The third-order valence-corrected chi connectivity index (χ3v) is 0. The van der Waals surface area contributed by atoms with Crippen molar-refractivity contribution in [3.05, 3.63) is 0 Å². The van der Waals surface area contributed by atoms with E-state index in [9.17, 15) is 0 Å². The van der Waals surface area contributed by atoms with E-state index in [1.165, 1.54) is 0 Å². The molecule has 0 saturated carbocycles. The molecule has 0 aromatic carbocycles. The van der Waals surface area contributed by atoms with Crippen LogP contribution in [0.4, 0.5) is 0 Å². The van der Waals surface area contributed by atoms with Gasteiger partial charge in [-0.05, 0) is 0 Å². The molecule has 0 unspecified atom stereocenters. The van der Waals surface area contributed by atoms with Gasteiger partial charge >= 0.3 is 0 Å². The average Bonchev–Trinajstić information content (AvgIpc) is 1.12. The molecule has 0 rings (SSSR count). The van der Waals surface area contributed by atoms with E-state index in [0.717, 1.165) is 0 Å². The molecular weight excluding hydrogens is 324 g/mol. The third-order valence-electron chi connectivity index (χ3n) is 0. The fourth-order valence-electron chi connectivity index (χ4n) is 0. The van der Waals surface area contributed by atoms with Gasteiger partial charge in [-0.1, -0.05) is 0 Å². The van der Waals surface area contributed by atoms with Crippen molar-refractivity contribution in [2.45, 2.75) is 0 Å². The molecule has 0 amide bonds. The van der Waals surface area contributed by atoms with Gasteiger partial charge in [0, 0.05) is 37.1 Å². The van der Waals surface area contributed by atoms with Crippen molar-refractivity contribution in [2.75, 3.05) is 0 Å². The van der Waals surface area contributed by atoms with Crippen LogP contribution in [0.3, 0.4) is 0 Å². The Balaban J connectivity index is -0.0000000457. The molecule has 0 heterocycles. The standard InChI is InChI=1S/2H3O3PS.2V/c2*1-4(2,3)5;;/h2*(H3,1,2,3,5);;/p-6. The van der Waals surface area contributed by atoms with Crippen molar-refractivity contribution in [3.8, 4) is 0 Å². The van der Waals surface area contributed by atoms with Crippen molar-refractivity contribution in [3.63, 3.8) is 0 Å². The fraction of sp³-hybridized carbons (Fsp3) is 0. The van der Waals surface area contributed by atoms with E-state index in [1.54, 1.807) is 0 Å². The van der Waals surface area contributed by atoms with Gasteiger partial charge in [0.15, 0.2) is 0 Å². The van der Waals surface area contributed by atoms with E-state index in [2.05, 4.69) is 24.1 Å². The second kappa shape index (κ2) is 9.74. The van der Waals surface area contributed by atoms with Crippen LogP contribution in [0, 0.1) is 0 Å². The summed E-state index contributed by atoms with van der Waals surface area (Å²) in [6, 6.07) is 0. The van der Waals surface area contributed by atoms with Crippen LogP contribution in [-0.4, -0.2) is 0 Å². The predicted octanol–water partition coefficient (Wildman–Crippen LogP) is -4.35.